The number of aromatic nitrogens is 3. The quantitative estimate of drug-likeness (QED) is 0.423. The molecule has 2 aromatic carbocycles. The molecule has 3 heterocycles. The summed E-state index contributed by atoms with van der Waals surface area (Å²) in [7, 11) is 0. The van der Waals surface area contributed by atoms with Crippen LogP contribution >= 0.6 is 11.6 Å². The summed E-state index contributed by atoms with van der Waals surface area (Å²) in [6.07, 6.45) is 4.39. The molecular formula is C24H22ClN5O2. The minimum atomic E-state index is 0.138. The topological polar surface area (TPSA) is 81.2 Å². The molecule has 0 spiro atoms. The van der Waals surface area contributed by atoms with Crippen molar-refractivity contribution in [1.29, 1.82) is 0 Å². The summed E-state index contributed by atoms with van der Waals surface area (Å²) in [6, 6.07) is 17.1. The van der Waals surface area contributed by atoms with Gasteiger partial charge in [0.25, 0.3) is 0 Å². The number of hydrogen-bond donors (Lipinski definition) is 2. The lowest BCUT2D eigenvalue weighted by atomic mass is 10.2. The van der Waals surface area contributed by atoms with Gasteiger partial charge in [0.1, 0.15) is 36.4 Å². The van der Waals surface area contributed by atoms with Crippen LogP contribution in [0.3, 0.4) is 0 Å². The second-order valence-electron chi connectivity index (χ2n) is 7.49. The molecule has 8 heteroatoms. The summed E-state index contributed by atoms with van der Waals surface area (Å²) in [4.78, 5) is 13.1. The van der Waals surface area contributed by atoms with E-state index < -0.39 is 0 Å². The average molecular weight is 448 g/mol. The Morgan fingerprint density at radius 1 is 1.03 bits per heavy atom. The van der Waals surface area contributed by atoms with E-state index in [-0.39, 0.29) is 6.10 Å². The Morgan fingerprint density at radius 3 is 2.81 bits per heavy atom. The number of anilines is 2. The molecule has 0 bridgehead atoms. The molecule has 0 amide bonds. The van der Waals surface area contributed by atoms with Gasteiger partial charge in [-0.15, -0.1) is 0 Å². The third kappa shape index (κ3) is 4.59. The van der Waals surface area contributed by atoms with E-state index in [0.29, 0.717) is 23.2 Å². The number of pyridine rings is 1. The largest absolute Gasteiger partial charge is 0.488 e. The van der Waals surface area contributed by atoms with Gasteiger partial charge in [0, 0.05) is 18.4 Å². The predicted octanol–water partition coefficient (Wildman–Crippen LogP) is 4.74. The first kappa shape index (κ1) is 20.5. The first-order valence-electron chi connectivity index (χ1n) is 10.5. The van der Waals surface area contributed by atoms with Crippen molar-refractivity contribution in [3.05, 3.63) is 77.8 Å². The van der Waals surface area contributed by atoms with Crippen LogP contribution in [-0.2, 0) is 6.61 Å². The summed E-state index contributed by atoms with van der Waals surface area (Å²) in [5, 5.41) is 8.02. The van der Waals surface area contributed by atoms with Gasteiger partial charge in [-0.3, -0.25) is 4.98 Å². The highest BCUT2D eigenvalue weighted by Gasteiger charge is 2.19. The summed E-state index contributed by atoms with van der Waals surface area (Å²) >= 11 is 6.47. The van der Waals surface area contributed by atoms with Gasteiger partial charge < -0.3 is 20.1 Å². The molecule has 162 valence electrons. The van der Waals surface area contributed by atoms with Crippen LogP contribution in [-0.4, -0.2) is 34.1 Å². The van der Waals surface area contributed by atoms with Crippen molar-refractivity contribution in [2.45, 2.75) is 19.1 Å². The highest BCUT2D eigenvalue weighted by atomic mass is 35.5. The molecule has 5 rings (SSSR count). The van der Waals surface area contributed by atoms with Gasteiger partial charge >= 0.3 is 0 Å². The number of benzene rings is 2. The molecule has 1 aliphatic heterocycles. The minimum absolute atomic E-state index is 0.138. The lowest BCUT2D eigenvalue weighted by molar-refractivity contribution is 0.226. The lowest BCUT2D eigenvalue weighted by Crippen LogP contribution is -2.19. The smallest absolute Gasteiger partial charge is 0.145 e. The Labute approximate surface area is 190 Å². The zero-order valence-corrected chi connectivity index (χ0v) is 18.0. The Hall–Kier alpha value is -3.42. The molecule has 0 saturated carbocycles. The molecule has 1 fully saturated rings. The number of nitrogens with zero attached hydrogens (tertiary/aromatic N) is 3. The van der Waals surface area contributed by atoms with Crippen molar-refractivity contribution in [2.75, 3.05) is 18.4 Å². The van der Waals surface area contributed by atoms with Crippen LogP contribution in [0.4, 0.5) is 11.5 Å². The fourth-order valence-electron chi connectivity index (χ4n) is 3.65. The van der Waals surface area contributed by atoms with Crippen molar-refractivity contribution in [1.82, 2.24) is 20.3 Å². The number of rotatable bonds is 7. The third-order valence-corrected chi connectivity index (χ3v) is 5.53. The first-order valence-corrected chi connectivity index (χ1v) is 10.8. The normalized spacial score (nSPS) is 15.6. The zero-order chi connectivity index (χ0) is 21.8. The fourth-order valence-corrected chi connectivity index (χ4v) is 3.88. The minimum Gasteiger partial charge on any atom is -0.488 e. The molecule has 2 N–H and O–H groups in total. The SMILES string of the molecule is Clc1cc(Nc2ncnc3cccc(O[C@H]4CCNC4)c23)ccc1OCc1ccccn1. The molecule has 2 aromatic heterocycles. The highest BCUT2D eigenvalue weighted by Crippen LogP contribution is 2.34. The van der Waals surface area contributed by atoms with Gasteiger partial charge in [-0.05, 0) is 55.4 Å². The lowest BCUT2D eigenvalue weighted by Gasteiger charge is -2.16. The van der Waals surface area contributed by atoms with Crippen molar-refractivity contribution in [3.8, 4) is 11.5 Å². The van der Waals surface area contributed by atoms with Gasteiger partial charge in [0.2, 0.25) is 0 Å². The van der Waals surface area contributed by atoms with Gasteiger partial charge in [-0.2, -0.15) is 0 Å². The van der Waals surface area contributed by atoms with Crippen LogP contribution < -0.4 is 20.1 Å². The average Bonchev–Trinajstić information content (AvgIpc) is 3.33. The molecular weight excluding hydrogens is 426 g/mol. The molecule has 32 heavy (non-hydrogen) atoms. The molecule has 0 radical (unpaired) electrons. The summed E-state index contributed by atoms with van der Waals surface area (Å²) in [5.41, 5.74) is 2.44. The Bertz CT molecular complexity index is 1210. The number of halogens is 1. The summed E-state index contributed by atoms with van der Waals surface area (Å²) in [6.45, 7) is 2.15. The Morgan fingerprint density at radius 2 is 2.00 bits per heavy atom. The van der Waals surface area contributed by atoms with Crippen LogP contribution in [0.1, 0.15) is 12.1 Å². The zero-order valence-electron chi connectivity index (χ0n) is 17.3. The molecule has 1 saturated heterocycles. The predicted molar refractivity (Wildman–Crippen MR) is 125 cm³/mol. The highest BCUT2D eigenvalue weighted by molar-refractivity contribution is 6.32. The third-order valence-electron chi connectivity index (χ3n) is 5.23. The second kappa shape index (κ2) is 9.38. The second-order valence-corrected chi connectivity index (χ2v) is 7.89. The van der Waals surface area contributed by atoms with Crippen molar-refractivity contribution in [2.24, 2.45) is 0 Å². The van der Waals surface area contributed by atoms with E-state index in [1.807, 2.05) is 54.6 Å². The fraction of sp³-hybridized carbons (Fsp3) is 0.208. The van der Waals surface area contributed by atoms with Crippen LogP contribution in [0.5, 0.6) is 11.5 Å². The number of hydrogen-bond acceptors (Lipinski definition) is 7. The standard InChI is InChI=1S/C24H22ClN5O2/c25-19-12-16(7-8-21(19)31-14-17-4-1-2-10-27-17)30-24-23-20(28-15-29-24)5-3-6-22(23)32-18-9-11-26-13-18/h1-8,10,12,15,18,26H,9,11,13-14H2,(H,28,29,30)/t18-/m0/s1. The monoisotopic (exact) mass is 447 g/mol. The van der Waals surface area contributed by atoms with E-state index in [2.05, 4.69) is 25.6 Å². The summed E-state index contributed by atoms with van der Waals surface area (Å²) in [5.74, 6) is 2.02. The molecule has 0 aliphatic carbocycles. The number of nitrogens with one attached hydrogen (secondary N) is 2. The van der Waals surface area contributed by atoms with E-state index in [9.17, 15) is 0 Å². The number of fused-ring (bicyclic) bond motifs is 1. The molecule has 1 aliphatic rings. The van der Waals surface area contributed by atoms with Crippen molar-refractivity contribution >= 4 is 34.0 Å². The van der Waals surface area contributed by atoms with Gasteiger partial charge in [0.15, 0.2) is 0 Å². The Kier molecular flexibility index (Phi) is 6.00. The molecule has 0 unspecified atom stereocenters. The number of ether oxygens (including phenoxy) is 2. The molecule has 1 atom stereocenters. The van der Waals surface area contributed by atoms with Gasteiger partial charge in [-0.25, -0.2) is 9.97 Å². The van der Waals surface area contributed by atoms with E-state index in [4.69, 9.17) is 21.1 Å². The van der Waals surface area contributed by atoms with Crippen LogP contribution in [0, 0.1) is 0 Å². The molecule has 4 aromatic rings. The van der Waals surface area contributed by atoms with Gasteiger partial charge in [0.05, 0.1) is 21.6 Å². The van der Waals surface area contributed by atoms with Crippen molar-refractivity contribution in [3.63, 3.8) is 0 Å². The van der Waals surface area contributed by atoms with Gasteiger partial charge in [-0.1, -0.05) is 23.7 Å². The van der Waals surface area contributed by atoms with Crippen molar-refractivity contribution < 1.29 is 9.47 Å². The molecule has 7 nitrogen and oxygen atoms in total. The Balaban J connectivity index is 1.37. The maximum atomic E-state index is 6.47. The van der Waals surface area contributed by atoms with Crippen LogP contribution in [0.25, 0.3) is 10.9 Å². The maximum Gasteiger partial charge on any atom is 0.145 e. The van der Waals surface area contributed by atoms with E-state index >= 15 is 0 Å². The summed E-state index contributed by atoms with van der Waals surface area (Å²) < 4.78 is 12.1. The van der Waals surface area contributed by atoms with Crippen LogP contribution in [0.15, 0.2) is 67.1 Å². The van der Waals surface area contributed by atoms with E-state index in [1.54, 1.807) is 6.20 Å². The maximum absolute atomic E-state index is 6.47. The van der Waals surface area contributed by atoms with E-state index in [0.717, 1.165) is 47.5 Å². The first-order chi connectivity index (χ1) is 15.8. The van der Waals surface area contributed by atoms with E-state index in [1.165, 1.54) is 6.33 Å². The van der Waals surface area contributed by atoms with Crippen LogP contribution in [0.2, 0.25) is 5.02 Å².